The molecule has 0 saturated heterocycles. The zero-order chi connectivity index (χ0) is 41.5. The van der Waals surface area contributed by atoms with Gasteiger partial charge in [0.05, 0.1) is 27.8 Å². The fourth-order valence-electron chi connectivity index (χ4n) is 11.0. The van der Waals surface area contributed by atoms with Crippen molar-refractivity contribution >= 4 is 38.9 Å². The number of benzene rings is 10. The standard InChI is InChI=1S/C61H40N2/c1-3-19-41(20-4-1)43-23-17-25-45(37-43)48-27-9-14-34-57(48)62(46-26-18-24-44(38-46)42-21-5-2-6-22-42)47-39-52-51-30-10-15-35-58(51)63-59-36-16-13-33-55(59)61(56(40-47)60(52)63)53-31-11-7-28-49(53)50-29-8-12-32-54(50)61/h1-40H. The topological polar surface area (TPSA) is 8.17 Å². The molecule has 1 aliphatic carbocycles. The summed E-state index contributed by atoms with van der Waals surface area (Å²) >= 11 is 0. The second kappa shape index (κ2) is 13.9. The smallest absolute Gasteiger partial charge is 0.0755 e. The van der Waals surface area contributed by atoms with Crippen LogP contribution in [-0.2, 0) is 5.41 Å². The second-order valence-electron chi connectivity index (χ2n) is 16.8. The summed E-state index contributed by atoms with van der Waals surface area (Å²) in [6.45, 7) is 0. The summed E-state index contributed by atoms with van der Waals surface area (Å²) in [6, 6.07) is 89.7. The fourth-order valence-corrected chi connectivity index (χ4v) is 11.0. The molecule has 294 valence electrons. The average molecular weight is 801 g/mol. The Morgan fingerprint density at radius 3 is 1.59 bits per heavy atom. The summed E-state index contributed by atoms with van der Waals surface area (Å²) in [4.78, 5) is 2.51. The van der Waals surface area contributed by atoms with Crippen molar-refractivity contribution in [2.45, 2.75) is 5.41 Å². The van der Waals surface area contributed by atoms with E-state index in [1.54, 1.807) is 0 Å². The third-order valence-corrected chi connectivity index (χ3v) is 13.6. The highest BCUT2D eigenvalue weighted by Gasteiger charge is 2.51. The molecule has 1 spiro atoms. The second-order valence-corrected chi connectivity index (χ2v) is 16.8. The number of nitrogens with zero attached hydrogens (tertiary/aromatic N) is 2. The number of hydrogen-bond donors (Lipinski definition) is 0. The highest BCUT2D eigenvalue weighted by Crippen LogP contribution is 2.62. The van der Waals surface area contributed by atoms with Crippen molar-refractivity contribution in [1.29, 1.82) is 0 Å². The summed E-state index contributed by atoms with van der Waals surface area (Å²) in [5.41, 5.74) is 21.3. The fraction of sp³-hybridized carbons (Fsp3) is 0.0164. The van der Waals surface area contributed by atoms with Crippen LogP contribution in [0.5, 0.6) is 0 Å². The Morgan fingerprint density at radius 2 is 0.857 bits per heavy atom. The predicted octanol–water partition coefficient (Wildman–Crippen LogP) is 15.9. The largest absolute Gasteiger partial charge is 0.310 e. The van der Waals surface area contributed by atoms with Crippen molar-refractivity contribution < 1.29 is 0 Å². The molecule has 10 aromatic carbocycles. The van der Waals surface area contributed by atoms with Crippen LogP contribution in [0.2, 0.25) is 0 Å². The molecule has 0 amide bonds. The van der Waals surface area contributed by atoms with Crippen LogP contribution in [0.3, 0.4) is 0 Å². The monoisotopic (exact) mass is 800 g/mol. The van der Waals surface area contributed by atoms with Crippen molar-refractivity contribution in [1.82, 2.24) is 4.57 Å². The minimum Gasteiger partial charge on any atom is -0.310 e. The normalized spacial score (nSPS) is 12.9. The van der Waals surface area contributed by atoms with Crippen LogP contribution in [0.25, 0.3) is 72.0 Å². The molecule has 2 aliphatic rings. The summed E-state index contributed by atoms with van der Waals surface area (Å²) < 4.78 is 2.54. The maximum atomic E-state index is 2.54. The van der Waals surface area contributed by atoms with E-state index in [0.717, 1.165) is 22.6 Å². The van der Waals surface area contributed by atoms with Gasteiger partial charge in [0.25, 0.3) is 0 Å². The molecule has 63 heavy (non-hydrogen) atoms. The number of aromatic nitrogens is 1. The molecule has 0 radical (unpaired) electrons. The van der Waals surface area contributed by atoms with Crippen molar-refractivity contribution in [3.05, 3.63) is 265 Å². The quantitative estimate of drug-likeness (QED) is 0.163. The lowest BCUT2D eigenvalue weighted by atomic mass is 9.65. The van der Waals surface area contributed by atoms with Gasteiger partial charge in [-0.05, 0) is 110 Å². The van der Waals surface area contributed by atoms with E-state index in [-0.39, 0.29) is 0 Å². The van der Waals surface area contributed by atoms with Crippen LogP contribution in [0.1, 0.15) is 22.3 Å². The molecule has 13 rings (SSSR count). The lowest BCUT2D eigenvalue weighted by molar-refractivity contribution is 0.748. The van der Waals surface area contributed by atoms with Gasteiger partial charge in [0.1, 0.15) is 0 Å². The summed E-state index contributed by atoms with van der Waals surface area (Å²) in [6.07, 6.45) is 0. The number of fused-ring (bicyclic) bond motifs is 12. The van der Waals surface area contributed by atoms with Gasteiger partial charge in [-0.2, -0.15) is 0 Å². The number of rotatable bonds is 6. The molecule has 0 saturated carbocycles. The number of anilines is 3. The molecule has 0 fully saturated rings. The lowest BCUT2D eigenvalue weighted by Gasteiger charge is -2.40. The summed E-state index contributed by atoms with van der Waals surface area (Å²) in [5, 5.41) is 2.48. The zero-order valence-electron chi connectivity index (χ0n) is 34.5. The van der Waals surface area contributed by atoms with Crippen LogP contribution in [-0.4, -0.2) is 4.57 Å². The Hall–Kier alpha value is -8.20. The average Bonchev–Trinajstić information content (AvgIpc) is 3.85. The van der Waals surface area contributed by atoms with Gasteiger partial charge in [0.15, 0.2) is 0 Å². The van der Waals surface area contributed by atoms with Gasteiger partial charge in [-0.3, -0.25) is 0 Å². The van der Waals surface area contributed by atoms with Crippen molar-refractivity contribution in [3.63, 3.8) is 0 Å². The Bertz CT molecular complexity index is 3530. The Balaban J connectivity index is 1.15. The van der Waals surface area contributed by atoms with Crippen molar-refractivity contribution in [2.24, 2.45) is 0 Å². The molecule has 2 nitrogen and oxygen atoms in total. The highest BCUT2D eigenvalue weighted by atomic mass is 15.1. The van der Waals surface area contributed by atoms with E-state index in [2.05, 4.69) is 252 Å². The zero-order valence-corrected chi connectivity index (χ0v) is 34.5. The predicted molar refractivity (Wildman–Crippen MR) is 263 cm³/mol. The van der Waals surface area contributed by atoms with Gasteiger partial charge in [-0.1, -0.05) is 194 Å². The van der Waals surface area contributed by atoms with E-state index in [9.17, 15) is 0 Å². The van der Waals surface area contributed by atoms with Crippen LogP contribution in [0.15, 0.2) is 243 Å². The Labute approximate surface area is 367 Å². The SMILES string of the molecule is c1ccc(-c2cccc(-c3ccccc3N(c3cccc(-c4ccccc4)c3)c3cc4c5c(c3)c3ccccc3n5-c3ccccc3C43c4ccccc4-c4ccccc43)c2)cc1. The minimum atomic E-state index is -0.566. The number of hydrogen-bond acceptors (Lipinski definition) is 1. The van der Waals surface area contributed by atoms with Crippen molar-refractivity contribution in [3.8, 4) is 50.2 Å². The third kappa shape index (κ3) is 5.19. The van der Waals surface area contributed by atoms with Gasteiger partial charge in [-0.15, -0.1) is 0 Å². The third-order valence-electron chi connectivity index (χ3n) is 13.6. The van der Waals surface area contributed by atoms with Crippen LogP contribution in [0.4, 0.5) is 17.1 Å². The molecule has 2 heteroatoms. The van der Waals surface area contributed by atoms with Gasteiger partial charge >= 0.3 is 0 Å². The first-order valence-electron chi connectivity index (χ1n) is 21.8. The van der Waals surface area contributed by atoms with E-state index in [0.29, 0.717) is 0 Å². The first-order valence-corrected chi connectivity index (χ1v) is 21.8. The van der Waals surface area contributed by atoms with Gasteiger partial charge in [0.2, 0.25) is 0 Å². The van der Waals surface area contributed by atoms with Crippen LogP contribution >= 0.6 is 0 Å². The lowest BCUT2D eigenvalue weighted by Crippen LogP contribution is -2.33. The first kappa shape index (κ1) is 35.5. The van der Waals surface area contributed by atoms with Gasteiger partial charge in [-0.25, -0.2) is 0 Å². The van der Waals surface area contributed by atoms with E-state index in [4.69, 9.17) is 0 Å². The molecule has 11 aromatic rings. The maximum absolute atomic E-state index is 2.54. The van der Waals surface area contributed by atoms with E-state index >= 15 is 0 Å². The van der Waals surface area contributed by atoms with E-state index < -0.39 is 5.41 Å². The molecular weight excluding hydrogens is 761 g/mol. The molecule has 1 aromatic heterocycles. The molecule has 0 atom stereocenters. The van der Waals surface area contributed by atoms with E-state index in [1.807, 2.05) is 0 Å². The molecule has 0 unspecified atom stereocenters. The van der Waals surface area contributed by atoms with Gasteiger partial charge < -0.3 is 9.47 Å². The Kier molecular flexibility index (Phi) is 7.85. The molecule has 1 aliphatic heterocycles. The van der Waals surface area contributed by atoms with Crippen molar-refractivity contribution in [2.75, 3.05) is 4.90 Å². The summed E-state index contributed by atoms with van der Waals surface area (Å²) in [5.74, 6) is 0. The van der Waals surface area contributed by atoms with E-state index in [1.165, 1.54) is 88.7 Å². The Morgan fingerprint density at radius 1 is 0.317 bits per heavy atom. The van der Waals surface area contributed by atoms with Crippen LogP contribution in [0, 0.1) is 0 Å². The minimum absolute atomic E-state index is 0.566. The maximum Gasteiger partial charge on any atom is 0.0755 e. The highest BCUT2D eigenvalue weighted by molar-refractivity contribution is 6.14. The summed E-state index contributed by atoms with van der Waals surface area (Å²) in [7, 11) is 0. The number of para-hydroxylation sites is 3. The molecular formula is C61H40N2. The van der Waals surface area contributed by atoms with Gasteiger partial charge in [0, 0.05) is 27.7 Å². The van der Waals surface area contributed by atoms with Crippen LogP contribution < -0.4 is 4.90 Å². The first-order chi connectivity index (χ1) is 31.3. The molecule has 0 bridgehead atoms. The molecule has 0 N–H and O–H groups in total. The molecule has 2 heterocycles.